The third-order valence-electron chi connectivity index (χ3n) is 2.84. The van der Waals surface area contributed by atoms with Gasteiger partial charge in [0.05, 0.1) is 18.4 Å². The molecule has 0 spiro atoms. The Balaban J connectivity index is 2.95. The van der Waals surface area contributed by atoms with Gasteiger partial charge in [-0.05, 0) is 17.7 Å². The molecule has 0 saturated heterocycles. The van der Waals surface area contributed by atoms with Gasteiger partial charge in [0.25, 0.3) is 0 Å². The summed E-state index contributed by atoms with van der Waals surface area (Å²) in [4.78, 5) is 11.4. The summed E-state index contributed by atoms with van der Waals surface area (Å²) in [5.74, 6) is -0.348. The number of hydrogen-bond donors (Lipinski definition) is 0. The molecule has 0 aliphatic rings. The lowest BCUT2D eigenvalue weighted by atomic mass is 10.2. The van der Waals surface area contributed by atoms with Crippen molar-refractivity contribution in [2.24, 2.45) is 0 Å². The summed E-state index contributed by atoms with van der Waals surface area (Å²) in [6, 6.07) is 6.30. The number of esters is 1. The van der Waals surface area contributed by atoms with Crippen LogP contribution in [0.2, 0.25) is 0 Å². The molecule has 1 rings (SSSR count). The van der Waals surface area contributed by atoms with Crippen LogP contribution in [0.4, 0.5) is 0 Å². The van der Waals surface area contributed by atoms with Crippen molar-refractivity contribution < 1.29 is 17.9 Å². The van der Waals surface area contributed by atoms with Gasteiger partial charge in [-0.1, -0.05) is 26.0 Å². The molecule has 0 saturated carbocycles. The largest absolute Gasteiger partial charge is 0.469 e. The van der Waals surface area contributed by atoms with Crippen LogP contribution in [-0.4, -0.2) is 38.9 Å². The zero-order valence-corrected chi connectivity index (χ0v) is 12.2. The number of hydrogen-bond acceptors (Lipinski definition) is 4. The highest BCUT2D eigenvalue weighted by Crippen LogP contribution is 2.16. The molecule has 6 heteroatoms. The standard InChI is InChI=1S/C13H19NO4S/c1-4-14(5-2)19(16,17)12-8-6-11(7-9-12)10-13(15)18-3/h6-9H,4-5,10H2,1-3H3. The van der Waals surface area contributed by atoms with Crippen LogP contribution in [0.3, 0.4) is 0 Å². The number of carbonyl (C=O) groups excluding carboxylic acids is 1. The minimum Gasteiger partial charge on any atom is -0.469 e. The Kier molecular flexibility index (Phi) is 5.50. The van der Waals surface area contributed by atoms with Crippen molar-refractivity contribution in [3.05, 3.63) is 29.8 Å². The van der Waals surface area contributed by atoms with E-state index in [1.807, 2.05) is 0 Å². The maximum atomic E-state index is 12.2. The second kappa shape index (κ2) is 6.68. The molecule has 1 aromatic carbocycles. The first kappa shape index (κ1) is 15.7. The Morgan fingerprint density at radius 2 is 1.68 bits per heavy atom. The molecule has 0 fully saturated rings. The summed E-state index contributed by atoms with van der Waals surface area (Å²) in [6.45, 7) is 4.46. The monoisotopic (exact) mass is 285 g/mol. The zero-order chi connectivity index (χ0) is 14.5. The number of ether oxygens (including phenoxy) is 1. The van der Waals surface area contributed by atoms with E-state index in [4.69, 9.17) is 0 Å². The van der Waals surface area contributed by atoms with E-state index in [0.717, 1.165) is 5.56 Å². The first-order valence-corrected chi connectivity index (χ1v) is 7.55. The van der Waals surface area contributed by atoms with Crippen molar-refractivity contribution in [3.63, 3.8) is 0 Å². The molecule has 0 unspecified atom stereocenters. The summed E-state index contributed by atoms with van der Waals surface area (Å²) in [6.07, 6.45) is 0.141. The van der Waals surface area contributed by atoms with E-state index in [1.165, 1.54) is 23.5 Å². The Bertz CT molecular complexity index is 518. The van der Waals surface area contributed by atoms with Crippen molar-refractivity contribution in [2.45, 2.75) is 25.2 Å². The lowest BCUT2D eigenvalue weighted by Gasteiger charge is -2.18. The molecule has 0 N–H and O–H groups in total. The maximum absolute atomic E-state index is 12.2. The molecule has 0 aliphatic carbocycles. The molecule has 0 aliphatic heterocycles. The van der Waals surface area contributed by atoms with Crippen molar-refractivity contribution >= 4 is 16.0 Å². The fourth-order valence-corrected chi connectivity index (χ4v) is 3.19. The smallest absolute Gasteiger partial charge is 0.309 e. The van der Waals surface area contributed by atoms with Gasteiger partial charge in [-0.3, -0.25) is 4.79 Å². The van der Waals surface area contributed by atoms with Crippen LogP contribution in [0.1, 0.15) is 19.4 Å². The molecule has 0 bridgehead atoms. The van der Waals surface area contributed by atoms with E-state index in [-0.39, 0.29) is 17.3 Å². The normalized spacial score (nSPS) is 11.6. The fraction of sp³-hybridized carbons (Fsp3) is 0.462. The minimum absolute atomic E-state index is 0.141. The Morgan fingerprint density at radius 3 is 2.11 bits per heavy atom. The van der Waals surface area contributed by atoms with Gasteiger partial charge in [0.2, 0.25) is 10.0 Å². The lowest BCUT2D eigenvalue weighted by molar-refractivity contribution is -0.139. The highest BCUT2D eigenvalue weighted by Gasteiger charge is 2.21. The molecule has 0 heterocycles. The summed E-state index contributed by atoms with van der Waals surface area (Å²) in [5.41, 5.74) is 0.727. The molecule has 0 aromatic heterocycles. The van der Waals surface area contributed by atoms with Gasteiger partial charge in [-0.2, -0.15) is 4.31 Å². The molecule has 5 nitrogen and oxygen atoms in total. The third-order valence-corrected chi connectivity index (χ3v) is 4.91. The number of benzene rings is 1. The first-order chi connectivity index (χ1) is 8.95. The van der Waals surface area contributed by atoms with Gasteiger partial charge in [0, 0.05) is 13.1 Å². The second-order valence-electron chi connectivity index (χ2n) is 3.99. The number of sulfonamides is 1. The molecular formula is C13H19NO4S. The molecule has 0 amide bonds. The van der Waals surface area contributed by atoms with Gasteiger partial charge >= 0.3 is 5.97 Å². The minimum atomic E-state index is -3.43. The predicted molar refractivity (Wildman–Crippen MR) is 72.3 cm³/mol. The lowest BCUT2D eigenvalue weighted by Crippen LogP contribution is -2.30. The highest BCUT2D eigenvalue weighted by atomic mass is 32.2. The van der Waals surface area contributed by atoms with Crippen molar-refractivity contribution in [3.8, 4) is 0 Å². The van der Waals surface area contributed by atoms with Crippen LogP contribution in [-0.2, 0) is 26.0 Å². The van der Waals surface area contributed by atoms with E-state index in [9.17, 15) is 13.2 Å². The summed E-state index contributed by atoms with van der Waals surface area (Å²) >= 11 is 0. The van der Waals surface area contributed by atoms with Crippen LogP contribution in [0.25, 0.3) is 0 Å². The first-order valence-electron chi connectivity index (χ1n) is 6.11. The summed E-state index contributed by atoms with van der Waals surface area (Å²) in [5, 5.41) is 0. The average molecular weight is 285 g/mol. The van der Waals surface area contributed by atoms with E-state index in [1.54, 1.807) is 26.0 Å². The molecule has 0 atom stereocenters. The Morgan fingerprint density at radius 1 is 1.16 bits per heavy atom. The van der Waals surface area contributed by atoms with Gasteiger partial charge in [-0.15, -0.1) is 0 Å². The Hall–Kier alpha value is -1.40. The average Bonchev–Trinajstić information content (AvgIpc) is 2.40. The zero-order valence-electron chi connectivity index (χ0n) is 11.4. The number of nitrogens with zero attached hydrogens (tertiary/aromatic N) is 1. The van der Waals surface area contributed by atoms with Crippen molar-refractivity contribution in [1.29, 1.82) is 0 Å². The second-order valence-corrected chi connectivity index (χ2v) is 5.92. The third kappa shape index (κ3) is 3.78. The quantitative estimate of drug-likeness (QED) is 0.742. The van der Waals surface area contributed by atoms with Crippen molar-refractivity contribution in [2.75, 3.05) is 20.2 Å². The van der Waals surface area contributed by atoms with Gasteiger partial charge < -0.3 is 4.74 Å². The maximum Gasteiger partial charge on any atom is 0.309 e. The highest BCUT2D eigenvalue weighted by molar-refractivity contribution is 7.89. The number of carbonyl (C=O) groups is 1. The van der Waals surface area contributed by atoms with E-state index in [0.29, 0.717) is 13.1 Å². The Labute approximate surface area is 114 Å². The summed E-state index contributed by atoms with van der Waals surface area (Å²) in [7, 11) is -2.11. The predicted octanol–water partition coefficient (Wildman–Crippen LogP) is 1.43. The van der Waals surface area contributed by atoms with Gasteiger partial charge in [0.15, 0.2) is 0 Å². The summed E-state index contributed by atoms with van der Waals surface area (Å²) < 4.78 is 30.4. The van der Waals surface area contributed by atoms with Gasteiger partial charge in [-0.25, -0.2) is 8.42 Å². The molecule has 0 radical (unpaired) electrons. The van der Waals surface area contributed by atoms with Crippen molar-refractivity contribution in [1.82, 2.24) is 4.31 Å². The SMILES string of the molecule is CCN(CC)S(=O)(=O)c1ccc(CC(=O)OC)cc1. The molecule has 19 heavy (non-hydrogen) atoms. The number of methoxy groups -OCH3 is 1. The van der Waals surface area contributed by atoms with E-state index in [2.05, 4.69) is 4.74 Å². The van der Waals surface area contributed by atoms with Crippen LogP contribution < -0.4 is 0 Å². The molecule has 1 aromatic rings. The molecular weight excluding hydrogens is 266 g/mol. The van der Waals surface area contributed by atoms with Crippen LogP contribution in [0.15, 0.2) is 29.2 Å². The van der Waals surface area contributed by atoms with Crippen LogP contribution in [0.5, 0.6) is 0 Å². The fourth-order valence-electron chi connectivity index (χ4n) is 1.73. The van der Waals surface area contributed by atoms with Crippen LogP contribution >= 0.6 is 0 Å². The topological polar surface area (TPSA) is 63.7 Å². The number of rotatable bonds is 6. The van der Waals surface area contributed by atoms with E-state index < -0.39 is 10.0 Å². The van der Waals surface area contributed by atoms with Gasteiger partial charge in [0.1, 0.15) is 0 Å². The van der Waals surface area contributed by atoms with Crippen LogP contribution in [0, 0.1) is 0 Å². The molecule has 106 valence electrons. The van der Waals surface area contributed by atoms with E-state index >= 15 is 0 Å².